The van der Waals surface area contributed by atoms with Gasteiger partial charge in [-0.05, 0) is 36.2 Å². The summed E-state index contributed by atoms with van der Waals surface area (Å²) in [7, 11) is 0. The van der Waals surface area contributed by atoms with Gasteiger partial charge in [0, 0.05) is 23.7 Å². The molecular weight excluding hydrogens is 324 g/mol. The second-order valence-electron chi connectivity index (χ2n) is 4.69. The molecule has 2 atom stereocenters. The minimum absolute atomic E-state index is 0.269. The Morgan fingerprint density at radius 1 is 1.47 bits per heavy atom. The molecule has 0 aromatic carbocycles. The van der Waals surface area contributed by atoms with Crippen molar-refractivity contribution in [3.63, 3.8) is 0 Å². The number of aromatic nitrogens is 3. The Morgan fingerprint density at radius 3 is 2.84 bits per heavy atom. The normalized spacial score (nSPS) is 14.5. The van der Waals surface area contributed by atoms with Crippen LogP contribution in [0.1, 0.15) is 37.5 Å². The van der Waals surface area contributed by atoms with Gasteiger partial charge in [-0.15, -0.1) is 11.3 Å². The summed E-state index contributed by atoms with van der Waals surface area (Å²) in [4.78, 5) is 4.62. The summed E-state index contributed by atoms with van der Waals surface area (Å²) in [6, 6.07) is 0.610. The number of nitrogens with one attached hydrogen (secondary N) is 1. The molecule has 0 aliphatic carbocycles. The van der Waals surface area contributed by atoms with Crippen molar-refractivity contribution < 1.29 is 0 Å². The third-order valence-corrected chi connectivity index (χ3v) is 4.33. The minimum Gasteiger partial charge on any atom is -0.304 e. The first-order valence-corrected chi connectivity index (χ1v) is 8.14. The van der Waals surface area contributed by atoms with Crippen molar-refractivity contribution in [3.05, 3.63) is 32.9 Å². The third kappa shape index (κ3) is 4.12. The number of nitrogens with zero attached hydrogens (tertiary/aromatic N) is 3. The van der Waals surface area contributed by atoms with Crippen molar-refractivity contribution in [2.45, 2.75) is 45.8 Å². The van der Waals surface area contributed by atoms with Crippen LogP contribution in [0.5, 0.6) is 0 Å². The summed E-state index contributed by atoms with van der Waals surface area (Å²) < 4.78 is 2.95. The topological polar surface area (TPSA) is 42.7 Å². The lowest BCUT2D eigenvalue weighted by molar-refractivity contribution is 0.409. The van der Waals surface area contributed by atoms with Crippen LogP contribution < -0.4 is 5.32 Å². The summed E-state index contributed by atoms with van der Waals surface area (Å²) in [5, 5.41) is 11.2. The largest absolute Gasteiger partial charge is 0.304 e. The Bertz CT molecular complexity index is 522. The Balaban J connectivity index is 1.89. The van der Waals surface area contributed by atoms with Crippen LogP contribution in [-0.2, 0) is 13.0 Å². The molecule has 0 saturated carbocycles. The number of rotatable bonds is 6. The van der Waals surface area contributed by atoms with E-state index in [0.29, 0.717) is 6.04 Å². The standard InChI is InChI=1S/C13H19BrN4S/c1-4-13-17-12(8-19-13)10(3)16-9(2)6-18-7-11(14)5-15-18/h5,7-10,16H,4,6H2,1-3H3/t9-,10+/m0/s1. The van der Waals surface area contributed by atoms with Crippen molar-refractivity contribution in [2.75, 3.05) is 0 Å². The highest BCUT2D eigenvalue weighted by Gasteiger charge is 2.13. The Morgan fingerprint density at radius 2 is 2.26 bits per heavy atom. The maximum atomic E-state index is 4.62. The average Bonchev–Trinajstić information content (AvgIpc) is 2.98. The molecule has 0 amide bonds. The summed E-state index contributed by atoms with van der Waals surface area (Å²) in [6.07, 6.45) is 4.80. The van der Waals surface area contributed by atoms with Gasteiger partial charge in [0.25, 0.3) is 0 Å². The van der Waals surface area contributed by atoms with E-state index in [9.17, 15) is 0 Å². The highest BCUT2D eigenvalue weighted by atomic mass is 79.9. The first-order chi connectivity index (χ1) is 9.08. The SMILES string of the molecule is CCc1nc([C@@H](C)N[C@@H](C)Cn2cc(Br)cn2)cs1. The lowest BCUT2D eigenvalue weighted by atomic mass is 10.2. The van der Waals surface area contributed by atoms with Gasteiger partial charge in [0.15, 0.2) is 0 Å². The molecule has 0 aliphatic heterocycles. The van der Waals surface area contributed by atoms with Crippen LogP contribution in [0, 0.1) is 0 Å². The lowest BCUT2D eigenvalue weighted by Gasteiger charge is -2.18. The fraction of sp³-hybridized carbons (Fsp3) is 0.538. The Labute approximate surface area is 126 Å². The average molecular weight is 343 g/mol. The number of aryl methyl sites for hydroxylation is 1. The summed E-state index contributed by atoms with van der Waals surface area (Å²) in [5.41, 5.74) is 1.13. The van der Waals surface area contributed by atoms with E-state index in [1.165, 1.54) is 5.01 Å². The van der Waals surface area contributed by atoms with E-state index in [4.69, 9.17) is 0 Å². The van der Waals surface area contributed by atoms with Crippen molar-refractivity contribution in [3.8, 4) is 0 Å². The van der Waals surface area contributed by atoms with Crippen LogP contribution in [0.4, 0.5) is 0 Å². The number of halogens is 1. The molecule has 0 fully saturated rings. The number of hydrogen-bond donors (Lipinski definition) is 1. The molecule has 2 aromatic rings. The zero-order chi connectivity index (χ0) is 13.8. The summed E-state index contributed by atoms with van der Waals surface area (Å²) >= 11 is 5.15. The molecule has 19 heavy (non-hydrogen) atoms. The zero-order valence-corrected chi connectivity index (χ0v) is 13.8. The van der Waals surface area contributed by atoms with Gasteiger partial charge in [0.1, 0.15) is 0 Å². The highest BCUT2D eigenvalue weighted by molar-refractivity contribution is 9.10. The van der Waals surface area contributed by atoms with E-state index in [-0.39, 0.29) is 6.04 Å². The molecule has 0 radical (unpaired) electrons. The second-order valence-corrected chi connectivity index (χ2v) is 6.55. The van der Waals surface area contributed by atoms with Gasteiger partial charge in [-0.3, -0.25) is 4.68 Å². The first kappa shape index (κ1) is 14.7. The fourth-order valence-electron chi connectivity index (χ4n) is 1.97. The van der Waals surface area contributed by atoms with Crippen LogP contribution in [0.2, 0.25) is 0 Å². The predicted octanol–water partition coefficient (Wildman–Crippen LogP) is 3.40. The van der Waals surface area contributed by atoms with Crippen LogP contribution in [0.15, 0.2) is 22.2 Å². The molecule has 0 aliphatic rings. The van der Waals surface area contributed by atoms with Crippen LogP contribution >= 0.6 is 27.3 Å². The van der Waals surface area contributed by atoms with Gasteiger partial charge in [-0.25, -0.2) is 4.98 Å². The molecule has 104 valence electrons. The van der Waals surface area contributed by atoms with Crippen LogP contribution in [0.25, 0.3) is 0 Å². The van der Waals surface area contributed by atoms with E-state index < -0.39 is 0 Å². The van der Waals surface area contributed by atoms with Gasteiger partial charge < -0.3 is 5.32 Å². The molecule has 2 heterocycles. The number of thiazole rings is 1. The Kier molecular flexibility index (Phi) is 5.13. The molecule has 2 aromatic heterocycles. The molecule has 2 rings (SSSR count). The second kappa shape index (κ2) is 6.63. The van der Waals surface area contributed by atoms with Gasteiger partial charge in [0.2, 0.25) is 0 Å². The fourth-order valence-corrected chi connectivity index (χ4v) is 3.14. The monoisotopic (exact) mass is 342 g/mol. The van der Waals surface area contributed by atoms with Gasteiger partial charge >= 0.3 is 0 Å². The van der Waals surface area contributed by atoms with Gasteiger partial charge in [0.05, 0.1) is 27.9 Å². The van der Waals surface area contributed by atoms with Crippen molar-refractivity contribution in [2.24, 2.45) is 0 Å². The van der Waals surface area contributed by atoms with E-state index in [2.05, 4.69) is 57.5 Å². The van der Waals surface area contributed by atoms with Crippen molar-refractivity contribution in [1.82, 2.24) is 20.1 Å². The van der Waals surface area contributed by atoms with E-state index in [0.717, 1.165) is 23.1 Å². The van der Waals surface area contributed by atoms with Crippen LogP contribution in [0.3, 0.4) is 0 Å². The van der Waals surface area contributed by atoms with Crippen LogP contribution in [-0.4, -0.2) is 20.8 Å². The quantitative estimate of drug-likeness (QED) is 0.874. The molecule has 0 unspecified atom stereocenters. The Hall–Kier alpha value is -0.720. The number of hydrogen-bond acceptors (Lipinski definition) is 4. The molecule has 0 spiro atoms. The molecule has 6 heteroatoms. The summed E-state index contributed by atoms with van der Waals surface area (Å²) in [5.74, 6) is 0. The smallest absolute Gasteiger partial charge is 0.0926 e. The predicted molar refractivity (Wildman–Crippen MR) is 82.4 cm³/mol. The lowest BCUT2D eigenvalue weighted by Crippen LogP contribution is -2.33. The maximum absolute atomic E-state index is 4.62. The zero-order valence-electron chi connectivity index (χ0n) is 11.4. The molecule has 0 bridgehead atoms. The first-order valence-electron chi connectivity index (χ1n) is 6.46. The van der Waals surface area contributed by atoms with Gasteiger partial charge in [-0.2, -0.15) is 5.10 Å². The molecular formula is C13H19BrN4S. The van der Waals surface area contributed by atoms with Crippen molar-refractivity contribution in [1.29, 1.82) is 0 Å². The maximum Gasteiger partial charge on any atom is 0.0926 e. The van der Waals surface area contributed by atoms with Gasteiger partial charge in [-0.1, -0.05) is 6.92 Å². The van der Waals surface area contributed by atoms with Crippen molar-refractivity contribution >= 4 is 27.3 Å². The van der Waals surface area contributed by atoms with E-state index >= 15 is 0 Å². The van der Waals surface area contributed by atoms with E-state index in [1.54, 1.807) is 11.3 Å². The molecule has 4 nitrogen and oxygen atoms in total. The third-order valence-electron chi connectivity index (χ3n) is 2.91. The van der Waals surface area contributed by atoms with E-state index in [1.807, 2.05) is 17.1 Å². The highest BCUT2D eigenvalue weighted by Crippen LogP contribution is 2.17. The summed E-state index contributed by atoms with van der Waals surface area (Å²) in [6.45, 7) is 7.31. The molecule has 0 saturated heterocycles. The minimum atomic E-state index is 0.269. The molecule has 1 N–H and O–H groups in total.